The first-order valence-corrected chi connectivity index (χ1v) is 8.86. The molecule has 3 amide bonds. The van der Waals surface area contributed by atoms with Gasteiger partial charge in [0.05, 0.1) is 0 Å². The van der Waals surface area contributed by atoms with Gasteiger partial charge in [-0.3, -0.25) is 4.79 Å². The normalized spacial score (nSPS) is 10.7. The summed E-state index contributed by atoms with van der Waals surface area (Å²) in [5.41, 5.74) is 4.34. The predicted octanol–water partition coefficient (Wildman–Crippen LogP) is 5.54. The molecule has 0 radical (unpaired) electrons. The maximum absolute atomic E-state index is 12.6. The van der Waals surface area contributed by atoms with Crippen LogP contribution in [-0.2, 0) is 4.79 Å². The van der Waals surface area contributed by atoms with Crippen molar-refractivity contribution in [3.8, 4) is 0 Å². The zero-order valence-electron chi connectivity index (χ0n) is 16.0. The minimum absolute atomic E-state index is 0.154. The molecule has 0 atom stereocenters. The fourth-order valence-electron chi connectivity index (χ4n) is 2.85. The van der Waals surface area contributed by atoms with Gasteiger partial charge in [-0.25, -0.2) is 4.79 Å². The molecule has 0 aliphatic rings. The molecule has 2 aromatic rings. The van der Waals surface area contributed by atoms with Crippen molar-refractivity contribution < 1.29 is 9.59 Å². The van der Waals surface area contributed by atoms with Crippen LogP contribution in [0.4, 0.5) is 21.9 Å². The van der Waals surface area contributed by atoms with Crippen LogP contribution in [0.3, 0.4) is 0 Å². The summed E-state index contributed by atoms with van der Waals surface area (Å²) in [6.45, 7) is 9.89. The molecule has 0 saturated heterocycles. The molecular weight excluding hydrogens is 326 g/mol. The van der Waals surface area contributed by atoms with Crippen LogP contribution in [0.5, 0.6) is 0 Å². The second-order valence-electron chi connectivity index (χ2n) is 6.96. The van der Waals surface area contributed by atoms with E-state index in [1.807, 2.05) is 18.2 Å². The van der Waals surface area contributed by atoms with Gasteiger partial charge in [0.25, 0.3) is 0 Å². The van der Waals surface area contributed by atoms with E-state index in [1.54, 1.807) is 24.3 Å². The zero-order chi connectivity index (χ0) is 19.3. The number of hydrogen-bond donors (Lipinski definition) is 3. The molecule has 0 aromatic heterocycles. The fourth-order valence-corrected chi connectivity index (χ4v) is 2.85. The molecule has 0 saturated carbocycles. The largest absolute Gasteiger partial charge is 0.326 e. The van der Waals surface area contributed by atoms with Crippen molar-refractivity contribution in [2.24, 2.45) is 0 Å². The van der Waals surface area contributed by atoms with E-state index in [0.29, 0.717) is 23.2 Å². The van der Waals surface area contributed by atoms with Crippen molar-refractivity contribution in [1.29, 1.82) is 0 Å². The van der Waals surface area contributed by atoms with Crippen molar-refractivity contribution >= 4 is 29.0 Å². The summed E-state index contributed by atoms with van der Waals surface area (Å²) in [5.74, 6) is 0.443. The Morgan fingerprint density at radius 3 is 1.77 bits per heavy atom. The molecule has 3 N–H and O–H groups in total. The lowest BCUT2D eigenvalue weighted by Crippen LogP contribution is -2.22. The lowest BCUT2D eigenvalue weighted by Gasteiger charge is -2.20. The summed E-state index contributed by atoms with van der Waals surface area (Å²) in [6, 6.07) is 12.9. The number of amides is 3. The quantitative estimate of drug-likeness (QED) is 0.661. The first-order chi connectivity index (χ1) is 12.3. The van der Waals surface area contributed by atoms with Crippen LogP contribution in [0.2, 0.25) is 0 Å². The summed E-state index contributed by atoms with van der Waals surface area (Å²) in [5, 5.41) is 8.55. The number of rotatable bonds is 5. The first kappa shape index (κ1) is 19.5. The molecule has 2 aromatic carbocycles. The number of anilines is 3. The SMILES string of the molecule is CC(=O)Nc1cccc(NC(=O)Nc2c(C(C)C)cccc2C(C)C)c1. The summed E-state index contributed by atoms with van der Waals surface area (Å²) >= 11 is 0. The Bertz CT molecular complexity index is 771. The van der Waals surface area contributed by atoms with Crippen LogP contribution >= 0.6 is 0 Å². The van der Waals surface area contributed by atoms with Crippen molar-refractivity contribution in [3.63, 3.8) is 0 Å². The van der Waals surface area contributed by atoms with Crippen LogP contribution in [-0.4, -0.2) is 11.9 Å². The van der Waals surface area contributed by atoms with E-state index in [-0.39, 0.29) is 11.9 Å². The van der Waals surface area contributed by atoms with E-state index in [4.69, 9.17) is 0 Å². The van der Waals surface area contributed by atoms with E-state index in [1.165, 1.54) is 6.92 Å². The van der Waals surface area contributed by atoms with Gasteiger partial charge in [-0.1, -0.05) is 52.0 Å². The Morgan fingerprint density at radius 1 is 0.769 bits per heavy atom. The van der Waals surface area contributed by atoms with Crippen molar-refractivity contribution in [2.45, 2.75) is 46.5 Å². The van der Waals surface area contributed by atoms with Gasteiger partial charge in [0, 0.05) is 24.0 Å². The smallest absolute Gasteiger partial charge is 0.323 e. The highest BCUT2D eigenvalue weighted by Gasteiger charge is 2.16. The second kappa shape index (κ2) is 8.52. The van der Waals surface area contributed by atoms with E-state index >= 15 is 0 Å². The lowest BCUT2D eigenvalue weighted by molar-refractivity contribution is -0.114. The Hall–Kier alpha value is -2.82. The Kier molecular flexibility index (Phi) is 6.39. The molecule has 138 valence electrons. The standard InChI is InChI=1S/C21H27N3O2/c1-13(2)18-10-7-11-19(14(3)4)20(18)24-21(26)23-17-9-6-8-16(12-17)22-15(5)25/h6-14H,1-5H3,(H,22,25)(H2,23,24,26). The number of benzene rings is 2. The van der Waals surface area contributed by atoms with Gasteiger partial charge >= 0.3 is 6.03 Å². The molecule has 2 rings (SSSR count). The molecule has 0 spiro atoms. The molecule has 0 fully saturated rings. The van der Waals surface area contributed by atoms with E-state index < -0.39 is 0 Å². The third kappa shape index (κ3) is 5.09. The summed E-state index contributed by atoms with van der Waals surface area (Å²) in [4.78, 5) is 23.7. The number of carbonyl (C=O) groups excluding carboxylic acids is 2. The molecule has 0 aliphatic heterocycles. The van der Waals surface area contributed by atoms with Gasteiger partial charge in [-0.2, -0.15) is 0 Å². The van der Waals surface area contributed by atoms with Crippen LogP contribution in [0, 0.1) is 0 Å². The van der Waals surface area contributed by atoms with Crippen molar-refractivity contribution in [1.82, 2.24) is 0 Å². The van der Waals surface area contributed by atoms with Crippen LogP contribution < -0.4 is 16.0 Å². The molecular formula is C21H27N3O2. The lowest BCUT2D eigenvalue weighted by atomic mass is 9.93. The van der Waals surface area contributed by atoms with Gasteiger partial charge in [0.2, 0.25) is 5.91 Å². The monoisotopic (exact) mass is 353 g/mol. The van der Waals surface area contributed by atoms with Gasteiger partial charge in [0.1, 0.15) is 0 Å². The number of nitrogens with one attached hydrogen (secondary N) is 3. The highest BCUT2D eigenvalue weighted by molar-refractivity contribution is 6.01. The highest BCUT2D eigenvalue weighted by atomic mass is 16.2. The number of hydrogen-bond acceptors (Lipinski definition) is 2. The minimum Gasteiger partial charge on any atom is -0.326 e. The topological polar surface area (TPSA) is 70.2 Å². The van der Waals surface area contributed by atoms with E-state index in [0.717, 1.165) is 16.8 Å². The number of carbonyl (C=O) groups is 2. The minimum atomic E-state index is -0.306. The van der Waals surface area contributed by atoms with Gasteiger partial charge in [-0.15, -0.1) is 0 Å². The summed E-state index contributed by atoms with van der Waals surface area (Å²) in [7, 11) is 0. The van der Waals surface area contributed by atoms with Crippen LogP contribution in [0.15, 0.2) is 42.5 Å². The van der Waals surface area contributed by atoms with Gasteiger partial charge in [-0.05, 0) is 41.2 Å². The Morgan fingerprint density at radius 2 is 1.27 bits per heavy atom. The fraction of sp³-hybridized carbons (Fsp3) is 0.333. The number of para-hydroxylation sites is 1. The number of urea groups is 1. The van der Waals surface area contributed by atoms with E-state index in [9.17, 15) is 9.59 Å². The maximum atomic E-state index is 12.6. The van der Waals surface area contributed by atoms with Gasteiger partial charge < -0.3 is 16.0 Å². The molecule has 5 heteroatoms. The van der Waals surface area contributed by atoms with Crippen LogP contribution in [0.25, 0.3) is 0 Å². The Labute approximate surface area is 155 Å². The van der Waals surface area contributed by atoms with Crippen molar-refractivity contribution in [2.75, 3.05) is 16.0 Å². The average Bonchev–Trinajstić information content (AvgIpc) is 2.54. The molecule has 26 heavy (non-hydrogen) atoms. The average molecular weight is 353 g/mol. The second-order valence-corrected chi connectivity index (χ2v) is 6.96. The zero-order valence-corrected chi connectivity index (χ0v) is 16.0. The highest BCUT2D eigenvalue weighted by Crippen LogP contribution is 2.32. The molecule has 0 aliphatic carbocycles. The third-order valence-electron chi connectivity index (χ3n) is 4.05. The molecule has 5 nitrogen and oxygen atoms in total. The first-order valence-electron chi connectivity index (χ1n) is 8.86. The molecule has 0 unspecified atom stereocenters. The van der Waals surface area contributed by atoms with Gasteiger partial charge in [0.15, 0.2) is 0 Å². The molecule has 0 heterocycles. The third-order valence-corrected chi connectivity index (χ3v) is 4.05. The summed E-state index contributed by atoms with van der Waals surface area (Å²) in [6.07, 6.45) is 0. The summed E-state index contributed by atoms with van der Waals surface area (Å²) < 4.78 is 0. The predicted molar refractivity (Wildman–Crippen MR) is 108 cm³/mol. The molecule has 0 bridgehead atoms. The van der Waals surface area contributed by atoms with Crippen molar-refractivity contribution in [3.05, 3.63) is 53.6 Å². The van der Waals surface area contributed by atoms with Crippen LogP contribution in [0.1, 0.15) is 57.6 Å². The van der Waals surface area contributed by atoms with E-state index in [2.05, 4.69) is 43.6 Å². The Balaban J connectivity index is 2.21. The maximum Gasteiger partial charge on any atom is 0.323 e.